The molecule has 2 rings (SSSR count). The second-order valence-corrected chi connectivity index (χ2v) is 6.08. The van der Waals surface area contributed by atoms with Crippen LogP contribution in [0.1, 0.15) is 58.3 Å². The summed E-state index contributed by atoms with van der Waals surface area (Å²) in [6, 6.07) is 7.08. The van der Waals surface area contributed by atoms with Crippen LogP contribution < -0.4 is 4.74 Å². The van der Waals surface area contributed by atoms with Crippen LogP contribution in [0.3, 0.4) is 0 Å². The van der Waals surface area contributed by atoms with E-state index in [9.17, 15) is 5.11 Å². The first-order chi connectivity index (χ1) is 11.8. The maximum atomic E-state index is 10.1. The SMILES string of the molecule is CCCCCCCCCCOc1ccc(-c2ncccn2)cc1O. The Kier molecular flexibility index (Phi) is 8.08. The minimum absolute atomic E-state index is 0.138. The molecule has 1 N–H and O–H groups in total. The molecule has 24 heavy (non-hydrogen) atoms. The van der Waals surface area contributed by atoms with Crippen molar-refractivity contribution in [2.45, 2.75) is 58.3 Å². The number of phenolic OH excluding ortho intramolecular Hbond substituents is 1. The summed E-state index contributed by atoms with van der Waals surface area (Å²) in [5.74, 6) is 1.26. The van der Waals surface area contributed by atoms with Crippen molar-refractivity contribution in [3.63, 3.8) is 0 Å². The molecule has 4 nitrogen and oxygen atoms in total. The van der Waals surface area contributed by atoms with Gasteiger partial charge >= 0.3 is 0 Å². The van der Waals surface area contributed by atoms with Crippen LogP contribution in [0.4, 0.5) is 0 Å². The van der Waals surface area contributed by atoms with Gasteiger partial charge in [-0.15, -0.1) is 0 Å². The fourth-order valence-corrected chi connectivity index (χ4v) is 2.64. The number of phenols is 1. The smallest absolute Gasteiger partial charge is 0.160 e. The van der Waals surface area contributed by atoms with Crippen molar-refractivity contribution in [1.82, 2.24) is 9.97 Å². The van der Waals surface area contributed by atoms with Gasteiger partial charge in [0, 0.05) is 18.0 Å². The zero-order valence-corrected chi connectivity index (χ0v) is 14.6. The van der Waals surface area contributed by atoms with Crippen molar-refractivity contribution in [3.8, 4) is 22.9 Å². The Labute approximate surface area is 144 Å². The number of unbranched alkanes of at least 4 members (excludes halogenated alkanes) is 7. The van der Waals surface area contributed by atoms with E-state index >= 15 is 0 Å². The molecular weight excluding hydrogens is 300 g/mol. The molecular formula is C20H28N2O2. The van der Waals surface area contributed by atoms with Gasteiger partial charge in [-0.2, -0.15) is 0 Å². The van der Waals surface area contributed by atoms with Gasteiger partial charge in [-0.3, -0.25) is 0 Å². The molecule has 0 aliphatic heterocycles. The molecule has 0 bridgehead atoms. The molecule has 0 unspecified atom stereocenters. The van der Waals surface area contributed by atoms with E-state index in [1.54, 1.807) is 30.6 Å². The van der Waals surface area contributed by atoms with Gasteiger partial charge in [0.05, 0.1) is 6.61 Å². The monoisotopic (exact) mass is 328 g/mol. The normalized spacial score (nSPS) is 10.7. The van der Waals surface area contributed by atoms with Crippen LogP contribution in [0.2, 0.25) is 0 Å². The second-order valence-electron chi connectivity index (χ2n) is 6.08. The molecule has 0 atom stereocenters. The fraction of sp³-hybridized carbons (Fsp3) is 0.500. The standard InChI is InChI=1S/C20H28N2O2/c1-2-3-4-5-6-7-8-9-15-24-19-12-11-17(16-18(19)23)20-21-13-10-14-22-20/h10-14,16,23H,2-9,15H2,1H3. The number of aromatic nitrogens is 2. The highest BCUT2D eigenvalue weighted by atomic mass is 16.5. The number of nitrogens with zero attached hydrogens (tertiary/aromatic N) is 2. The van der Waals surface area contributed by atoms with Gasteiger partial charge in [0.1, 0.15) is 0 Å². The number of benzene rings is 1. The summed E-state index contributed by atoms with van der Waals surface area (Å²) in [7, 11) is 0. The highest BCUT2D eigenvalue weighted by Crippen LogP contribution is 2.30. The van der Waals surface area contributed by atoms with Crippen LogP contribution in [0.15, 0.2) is 36.7 Å². The lowest BCUT2D eigenvalue weighted by atomic mass is 10.1. The van der Waals surface area contributed by atoms with Crippen molar-refractivity contribution >= 4 is 0 Å². The number of aromatic hydroxyl groups is 1. The van der Waals surface area contributed by atoms with E-state index in [1.165, 1.54) is 44.9 Å². The third-order valence-electron chi connectivity index (χ3n) is 4.04. The summed E-state index contributed by atoms with van der Waals surface area (Å²) >= 11 is 0. The molecule has 0 saturated carbocycles. The predicted octanol–water partition coefficient (Wildman–Crippen LogP) is 5.37. The van der Waals surface area contributed by atoms with Gasteiger partial charge < -0.3 is 9.84 Å². The summed E-state index contributed by atoms with van der Waals surface area (Å²) in [4.78, 5) is 8.36. The Morgan fingerprint density at radius 3 is 2.25 bits per heavy atom. The van der Waals surface area contributed by atoms with Crippen LogP contribution in [-0.2, 0) is 0 Å². The van der Waals surface area contributed by atoms with E-state index in [0.717, 1.165) is 12.0 Å². The molecule has 1 heterocycles. The molecule has 0 spiro atoms. The first kappa shape index (κ1) is 18.2. The lowest BCUT2D eigenvalue weighted by Gasteiger charge is -2.09. The molecule has 0 saturated heterocycles. The van der Waals surface area contributed by atoms with E-state index in [2.05, 4.69) is 16.9 Å². The molecule has 0 aliphatic rings. The van der Waals surface area contributed by atoms with Gasteiger partial charge in [-0.25, -0.2) is 9.97 Å². The maximum absolute atomic E-state index is 10.1. The van der Waals surface area contributed by atoms with Gasteiger partial charge in [-0.1, -0.05) is 51.9 Å². The maximum Gasteiger partial charge on any atom is 0.160 e. The van der Waals surface area contributed by atoms with E-state index in [1.807, 2.05) is 6.07 Å². The average molecular weight is 328 g/mol. The Hall–Kier alpha value is -2.10. The molecule has 130 valence electrons. The van der Waals surface area contributed by atoms with Crippen LogP contribution in [0.5, 0.6) is 11.5 Å². The summed E-state index contributed by atoms with van der Waals surface area (Å²) in [6.07, 6.45) is 13.5. The summed E-state index contributed by atoms with van der Waals surface area (Å²) in [5, 5.41) is 10.1. The van der Waals surface area contributed by atoms with Gasteiger partial charge in [0.2, 0.25) is 0 Å². The van der Waals surface area contributed by atoms with Gasteiger partial charge in [0.15, 0.2) is 17.3 Å². The van der Waals surface area contributed by atoms with Crippen molar-refractivity contribution in [2.75, 3.05) is 6.61 Å². The average Bonchev–Trinajstić information content (AvgIpc) is 2.62. The number of hydrogen-bond acceptors (Lipinski definition) is 4. The molecule has 1 aromatic heterocycles. The molecule has 0 aliphatic carbocycles. The van der Waals surface area contributed by atoms with Crippen molar-refractivity contribution < 1.29 is 9.84 Å². The van der Waals surface area contributed by atoms with Crippen LogP contribution in [0.25, 0.3) is 11.4 Å². The topological polar surface area (TPSA) is 55.2 Å². The zero-order chi connectivity index (χ0) is 17.0. The molecule has 1 aromatic carbocycles. The summed E-state index contributed by atoms with van der Waals surface area (Å²) in [5.41, 5.74) is 0.785. The lowest BCUT2D eigenvalue weighted by molar-refractivity contribution is 0.289. The van der Waals surface area contributed by atoms with Crippen molar-refractivity contribution in [2.24, 2.45) is 0 Å². The van der Waals surface area contributed by atoms with Crippen LogP contribution in [0, 0.1) is 0 Å². The molecule has 2 aromatic rings. The minimum atomic E-state index is 0.138. The second kappa shape index (κ2) is 10.6. The summed E-state index contributed by atoms with van der Waals surface area (Å²) in [6.45, 7) is 2.88. The van der Waals surface area contributed by atoms with E-state index in [4.69, 9.17) is 4.74 Å². The third kappa shape index (κ3) is 6.19. The van der Waals surface area contributed by atoms with Crippen molar-refractivity contribution in [1.29, 1.82) is 0 Å². The fourth-order valence-electron chi connectivity index (χ4n) is 2.64. The largest absolute Gasteiger partial charge is 0.504 e. The Balaban J connectivity index is 1.68. The van der Waals surface area contributed by atoms with E-state index < -0.39 is 0 Å². The highest BCUT2D eigenvalue weighted by Gasteiger charge is 2.07. The van der Waals surface area contributed by atoms with E-state index in [0.29, 0.717) is 18.2 Å². The molecule has 0 amide bonds. The summed E-state index contributed by atoms with van der Waals surface area (Å²) < 4.78 is 5.68. The first-order valence-corrected chi connectivity index (χ1v) is 9.04. The molecule has 0 radical (unpaired) electrons. The molecule has 4 heteroatoms. The Morgan fingerprint density at radius 2 is 1.58 bits per heavy atom. The Bertz CT molecular complexity index is 587. The predicted molar refractivity (Wildman–Crippen MR) is 97.2 cm³/mol. The van der Waals surface area contributed by atoms with Gasteiger partial charge in [0.25, 0.3) is 0 Å². The lowest BCUT2D eigenvalue weighted by Crippen LogP contribution is -1.98. The quantitative estimate of drug-likeness (QED) is 0.563. The third-order valence-corrected chi connectivity index (χ3v) is 4.04. The first-order valence-electron chi connectivity index (χ1n) is 9.04. The van der Waals surface area contributed by atoms with Crippen LogP contribution in [-0.4, -0.2) is 21.7 Å². The van der Waals surface area contributed by atoms with Gasteiger partial charge in [-0.05, 0) is 30.7 Å². The molecule has 0 fully saturated rings. The number of rotatable bonds is 11. The Morgan fingerprint density at radius 1 is 0.917 bits per heavy atom. The van der Waals surface area contributed by atoms with E-state index in [-0.39, 0.29) is 5.75 Å². The highest BCUT2D eigenvalue weighted by molar-refractivity contribution is 5.60. The zero-order valence-electron chi connectivity index (χ0n) is 14.6. The number of ether oxygens (including phenoxy) is 1. The minimum Gasteiger partial charge on any atom is -0.504 e. The number of hydrogen-bond donors (Lipinski definition) is 1. The van der Waals surface area contributed by atoms with Crippen molar-refractivity contribution in [3.05, 3.63) is 36.7 Å². The van der Waals surface area contributed by atoms with Crippen LogP contribution >= 0.6 is 0 Å².